The zero-order valence-electron chi connectivity index (χ0n) is 14.1. The summed E-state index contributed by atoms with van der Waals surface area (Å²) in [6.45, 7) is 0. The maximum Gasteiger partial charge on any atom is 0.251 e. The summed E-state index contributed by atoms with van der Waals surface area (Å²) < 4.78 is 23.2. The first-order valence-corrected chi connectivity index (χ1v) is 10.2. The van der Waals surface area contributed by atoms with E-state index in [1.54, 1.807) is 48.5 Å². The minimum atomic E-state index is -3.17. The number of rotatable bonds is 5. The van der Waals surface area contributed by atoms with Gasteiger partial charge in [0.05, 0.1) is 17.4 Å². The van der Waals surface area contributed by atoms with Crippen LogP contribution in [0.15, 0.2) is 60.7 Å². The van der Waals surface area contributed by atoms with Crippen LogP contribution in [0.3, 0.4) is 0 Å². The largest absolute Gasteiger partial charge is 0.340 e. The van der Waals surface area contributed by atoms with Gasteiger partial charge in [-0.25, -0.2) is 8.42 Å². The SMILES string of the molecule is O=C(N[C@H](C(=O)Nc1ccccc1)c1ccccc1)[C@H]1CCS(=O)(=O)C1. The van der Waals surface area contributed by atoms with Crippen molar-refractivity contribution in [1.29, 1.82) is 0 Å². The number of nitrogens with one attached hydrogen (secondary N) is 2. The lowest BCUT2D eigenvalue weighted by Gasteiger charge is -2.20. The van der Waals surface area contributed by atoms with Crippen molar-refractivity contribution in [3.8, 4) is 0 Å². The highest BCUT2D eigenvalue weighted by atomic mass is 32.2. The Labute approximate surface area is 152 Å². The topological polar surface area (TPSA) is 92.3 Å². The number of sulfone groups is 1. The fraction of sp³-hybridized carbons (Fsp3) is 0.263. The number of carbonyl (C=O) groups excluding carboxylic acids is 2. The highest BCUT2D eigenvalue weighted by molar-refractivity contribution is 7.91. The van der Waals surface area contributed by atoms with E-state index in [2.05, 4.69) is 10.6 Å². The third-order valence-corrected chi connectivity index (χ3v) is 6.09. The van der Waals surface area contributed by atoms with Gasteiger partial charge in [-0.2, -0.15) is 0 Å². The van der Waals surface area contributed by atoms with Gasteiger partial charge in [0, 0.05) is 5.69 Å². The fourth-order valence-electron chi connectivity index (χ4n) is 2.94. The molecule has 1 saturated heterocycles. The van der Waals surface area contributed by atoms with Gasteiger partial charge in [0.2, 0.25) is 5.91 Å². The molecular weight excluding hydrogens is 352 g/mol. The molecular formula is C19H20N2O4S. The van der Waals surface area contributed by atoms with Gasteiger partial charge in [-0.05, 0) is 24.1 Å². The van der Waals surface area contributed by atoms with E-state index in [4.69, 9.17) is 0 Å². The van der Waals surface area contributed by atoms with Crippen molar-refractivity contribution in [2.45, 2.75) is 12.5 Å². The van der Waals surface area contributed by atoms with Crippen LogP contribution in [0.5, 0.6) is 0 Å². The Bertz CT molecular complexity index is 882. The molecule has 6 nitrogen and oxygen atoms in total. The van der Waals surface area contributed by atoms with E-state index in [1.807, 2.05) is 12.1 Å². The van der Waals surface area contributed by atoms with E-state index >= 15 is 0 Å². The van der Waals surface area contributed by atoms with Gasteiger partial charge >= 0.3 is 0 Å². The van der Waals surface area contributed by atoms with Crippen molar-refractivity contribution in [2.24, 2.45) is 5.92 Å². The molecule has 0 radical (unpaired) electrons. The standard InChI is InChI=1S/C19H20N2O4S/c22-18(15-11-12-26(24,25)13-15)21-17(14-7-3-1-4-8-14)19(23)20-16-9-5-2-6-10-16/h1-10,15,17H,11-13H2,(H,20,23)(H,21,22)/t15-,17-/m0/s1. The number of amides is 2. The number of anilines is 1. The summed E-state index contributed by atoms with van der Waals surface area (Å²) in [4.78, 5) is 25.3. The van der Waals surface area contributed by atoms with E-state index in [1.165, 1.54) is 0 Å². The minimum absolute atomic E-state index is 0.0112. The molecule has 0 unspecified atom stereocenters. The lowest BCUT2D eigenvalue weighted by atomic mass is 10.0. The molecule has 1 aliphatic heterocycles. The predicted octanol–water partition coefficient (Wildman–Crippen LogP) is 1.92. The van der Waals surface area contributed by atoms with Crippen LogP contribution in [-0.4, -0.2) is 31.7 Å². The minimum Gasteiger partial charge on any atom is -0.340 e. The van der Waals surface area contributed by atoms with Crippen molar-refractivity contribution in [2.75, 3.05) is 16.8 Å². The Kier molecular flexibility index (Phi) is 5.37. The molecule has 0 saturated carbocycles. The Morgan fingerprint density at radius 1 is 0.962 bits per heavy atom. The maximum absolute atomic E-state index is 12.7. The second-order valence-electron chi connectivity index (χ2n) is 6.31. The summed E-state index contributed by atoms with van der Waals surface area (Å²) in [7, 11) is -3.17. The molecule has 26 heavy (non-hydrogen) atoms. The van der Waals surface area contributed by atoms with Gasteiger partial charge in [0.15, 0.2) is 9.84 Å². The Balaban J connectivity index is 1.78. The van der Waals surface area contributed by atoms with E-state index in [0.29, 0.717) is 11.3 Å². The second-order valence-corrected chi connectivity index (χ2v) is 8.54. The van der Waals surface area contributed by atoms with E-state index in [9.17, 15) is 18.0 Å². The summed E-state index contributed by atoms with van der Waals surface area (Å²) in [6, 6.07) is 16.9. The monoisotopic (exact) mass is 372 g/mol. The molecule has 1 aliphatic rings. The van der Waals surface area contributed by atoms with Crippen molar-refractivity contribution in [3.05, 3.63) is 66.2 Å². The molecule has 3 rings (SSSR count). The van der Waals surface area contributed by atoms with Crippen LogP contribution in [0.25, 0.3) is 0 Å². The first-order chi connectivity index (χ1) is 12.4. The van der Waals surface area contributed by atoms with Gasteiger partial charge in [-0.3, -0.25) is 9.59 Å². The molecule has 1 fully saturated rings. The van der Waals surface area contributed by atoms with E-state index in [-0.39, 0.29) is 23.8 Å². The number of hydrogen-bond donors (Lipinski definition) is 2. The van der Waals surface area contributed by atoms with Crippen LogP contribution >= 0.6 is 0 Å². The van der Waals surface area contributed by atoms with Crippen molar-refractivity contribution < 1.29 is 18.0 Å². The summed E-state index contributed by atoms with van der Waals surface area (Å²) >= 11 is 0. The molecule has 2 atom stereocenters. The van der Waals surface area contributed by atoms with Crippen molar-refractivity contribution in [1.82, 2.24) is 5.32 Å². The summed E-state index contributed by atoms with van der Waals surface area (Å²) in [5, 5.41) is 5.50. The first kappa shape index (κ1) is 18.1. The van der Waals surface area contributed by atoms with Gasteiger partial charge in [0.1, 0.15) is 6.04 Å². The molecule has 0 spiro atoms. The first-order valence-electron chi connectivity index (χ1n) is 8.36. The summed E-state index contributed by atoms with van der Waals surface area (Å²) in [5.41, 5.74) is 1.26. The van der Waals surface area contributed by atoms with Gasteiger partial charge in [-0.15, -0.1) is 0 Å². The average molecular weight is 372 g/mol. The number of hydrogen-bond acceptors (Lipinski definition) is 4. The van der Waals surface area contributed by atoms with Crippen LogP contribution in [0.4, 0.5) is 5.69 Å². The quantitative estimate of drug-likeness (QED) is 0.839. The molecule has 7 heteroatoms. The van der Waals surface area contributed by atoms with E-state index in [0.717, 1.165) is 0 Å². The van der Waals surface area contributed by atoms with Crippen LogP contribution in [0.1, 0.15) is 18.0 Å². The Morgan fingerprint density at radius 2 is 1.58 bits per heavy atom. The van der Waals surface area contributed by atoms with Crippen molar-refractivity contribution in [3.63, 3.8) is 0 Å². The molecule has 0 bridgehead atoms. The number of carbonyl (C=O) groups is 2. The molecule has 1 heterocycles. The molecule has 0 aromatic heterocycles. The molecule has 2 amide bonds. The normalized spacial score (nSPS) is 19.5. The zero-order chi connectivity index (χ0) is 18.6. The highest BCUT2D eigenvalue weighted by Gasteiger charge is 2.35. The zero-order valence-corrected chi connectivity index (χ0v) is 14.9. The van der Waals surface area contributed by atoms with Crippen LogP contribution in [0.2, 0.25) is 0 Å². The number of benzene rings is 2. The lowest BCUT2D eigenvalue weighted by molar-refractivity contribution is -0.128. The van der Waals surface area contributed by atoms with Gasteiger partial charge in [0.25, 0.3) is 5.91 Å². The van der Waals surface area contributed by atoms with E-state index < -0.39 is 27.7 Å². The molecule has 2 N–H and O–H groups in total. The van der Waals surface area contributed by atoms with Gasteiger partial charge < -0.3 is 10.6 Å². The predicted molar refractivity (Wildman–Crippen MR) is 99.2 cm³/mol. The van der Waals surface area contributed by atoms with Crippen LogP contribution in [-0.2, 0) is 19.4 Å². The molecule has 2 aromatic rings. The van der Waals surface area contributed by atoms with Crippen molar-refractivity contribution >= 4 is 27.3 Å². The third-order valence-electron chi connectivity index (χ3n) is 4.33. The third kappa shape index (κ3) is 4.49. The molecule has 0 aliphatic carbocycles. The lowest BCUT2D eigenvalue weighted by Crippen LogP contribution is -2.40. The average Bonchev–Trinajstić information content (AvgIpc) is 3.01. The smallest absolute Gasteiger partial charge is 0.251 e. The molecule has 136 valence electrons. The molecule has 2 aromatic carbocycles. The number of para-hydroxylation sites is 1. The fourth-order valence-corrected chi connectivity index (χ4v) is 4.68. The summed E-state index contributed by atoms with van der Waals surface area (Å²) in [6.07, 6.45) is 0.288. The van der Waals surface area contributed by atoms with Crippen LogP contribution < -0.4 is 10.6 Å². The van der Waals surface area contributed by atoms with Gasteiger partial charge in [-0.1, -0.05) is 48.5 Å². The van der Waals surface area contributed by atoms with Crippen LogP contribution in [0, 0.1) is 5.92 Å². The second kappa shape index (κ2) is 7.70. The summed E-state index contributed by atoms with van der Waals surface area (Å²) in [5.74, 6) is -1.56. The highest BCUT2D eigenvalue weighted by Crippen LogP contribution is 2.21. The Morgan fingerprint density at radius 3 is 2.15 bits per heavy atom. The maximum atomic E-state index is 12.7. The Hall–Kier alpha value is -2.67.